The molecule has 0 aliphatic heterocycles. The molecule has 27 heavy (non-hydrogen) atoms. The maximum absolute atomic E-state index is 12.6. The first kappa shape index (κ1) is 18.7. The van der Waals surface area contributed by atoms with Crippen LogP contribution < -0.4 is 10.1 Å². The van der Waals surface area contributed by atoms with Crippen LogP contribution >= 0.6 is 0 Å². The Labute approximate surface area is 158 Å². The molecule has 0 fully saturated rings. The number of aromatic nitrogens is 3. The second kappa shape index (κ2) is 8.07. The average molecular weight is 368 g/mol. The highest BCUT2D eigenvalue weighted by molar-refractivity contribution is 5.93. The summed E-state index contributed by atoms with van der Waals surface area (Å²) in [5.74, 6) is 1.10. The van der Waals surface area contributed by atoms with Crippen molar-refractivity contribution >= 4 is 5.91 Å². The highest BCUT2D eigenvalue weighted by Crippen LogP contribution is 2.25. The van der Waals surface area contributed by atoms with Gasteiger partial charge in [-0.2, -0.15) is 5.10 Å². The van der Waals surface area contributed by atoms with Crippen molar-refractivity contribution < 1.29 is 14.1 Å². The van der Waals surface area contributed by atoms with Crippen LogP contribution in [0.1, 0.15) is 45.4 Å². The van der Waals surface area contributed by atoms with Gasteiger partial charge in [0.15, 0.2) is 5.69 Å². The molecule has 1 N–H and O–H groups in total. The Kier molecular flexibility index (Phi) is 5.59. The molecule has 0 saturated heterocycles. The van der Waals surface area contributed by atoms with Crippen molar-refractivity contribution in [1.82, 2.24) is 20.3 Å². The first-order valence-electron chi connectivity index (χ1n) is 8.93. The van der Waals surface area contributed by atoms with Crippen molar-refractivity contribution in [2.75, 3.05) is 0 Å². The first-order chi connectivity index (χ1) is 13.0. The molecule has 0 radical (unpaired) electrons. The fraction of sp³-hybridized carbons (Fsp3) is 0.350. The Morgan fingerprint density at radius 2 is 2.00 bits per heavy atom. The van der Waals surface area contributed by atoms with Gasteiger partial charge in [0.05, 0.1) is 11.8 Å². The highest BCUT2D eigenvalue weighted by atomic mass is 16.5. The summed E-state index contributed by atoms with van der Waals surface area (Å²) >= 11 is 0. The fourth-order valence-corrected chi connectivity index (χ4v) is 2.85. The number of hydrogen-bond donors (Lipinski definition) is 1. The number of para-hydroxylation sites is 1. The maximum Gasteiger partial charge on any atom is 0.274 e. The Morgan fingerprint density at radius 3 is 2.67 bits per heavy atom. The van der Waals surface area contributed by atoms with E-state index in [-0.39, 0.29) is 18.2 Å². The van der Waals surface area contributed by atoms with Crippen LogP contribution in [0.15, 0.2) is 35.1 Å². The number of carbonyl (C=O) groups excluding carboxylic acids is 1. The molecule has 1 aromatic carbocycles. The second-order valence-electron chi connectivity index (χ2n) is 6.46. The van der Waals surface area contributed by atoms with E-state index < -0.39 is 0 Å². The van der Waals surface area contributed by atoms with Gasteiger partial charge in [0.25, 0.3) is 5.91 Å². The van der Waals surface area contributed by atoms with Crippen molar-refractivity contribution in [1.29, 1.82) is 0 Å². The van der Waals surface area contributed by atoms with Crippen LogP contribution in [0.3, 0.4) is 0 Å². The Bertz CT molecular complexity index is 922. The molecule has 142 valence electrons. The van der Waals surface area contributed by atoms with Crippen LogP contribution in [-0.2, 0) is 19.7 Å². The molecule has 0 atom stereocenters. The highest BCUT2D eigenvalue weighted by Gasteiger charge is 2.21. The number of hydrogen-bond acceptors (Lipinski definition) is 5. The van der Waals surface area contributed by atoms with Crippen LogP contribution in [0, 0.1) is 20.8 Å². The predicted molar refractivity (Wildman–Crippen MR) is 101 cm³/mol. The van der Waals surface area contributed by atoms with Crippen molar-refractivity contribution in [3.8, 4) is 5.75 Å². The van der Waals surface area contributed by atoms with Gasteiger partial charge in [-0.25, -0.2) is 0 Å². The number of amides is 1. The topological polar surface area (TPSA) is 82.2 Å². The molecule has 2 aromatic heterocycles. The summed E-state index contributed by atoms with van der Waals surface area (Å²) in [6.45, 7) is 9.16. The maximum atomic E-state index is 12.6. The summed E-state index contributed by atoms with van der Waals surface area (Å²) < 4.78 is 13.0. The number of carbonyl (C=O) groups is 1. The average Bonchev–Trinajstić information content (AvgIpc) is 3.26. The van der Waals surface area contributed by atoms with E-state index in [0.717, 1.165) is 29.0 Å². The minimum atomic E-state index is -0.295. The summed E-state index contributed by atoms with van der Waals surface area (Å²) in [5.41, 5.74) is 3.92. The zero-order valence-corrected chi connectivity index (χ0v) is 16.1. The molecule has 1 amide bonds. The molecule has 0 aliphatic carbocycles. The molecule has 2 heterocycles. The van der Waals surface area contributed by atoms with E-state index in [1.165, 1.54) is 0 Å². The molecular weight excluding hydrogens is 344 g/mol. The lowest BCUT2D eigenvalue weighted by molar-refractivity contribution is 0.0939. The lowest BCUT2D eigenvalue weighted by Crippen LogP contribution is -2.24. The first-order valence-corrected chi connectivity index (χ1v) is 8.93. The number of rotatable bonds is 7. The predicted octanol–water partition coefficient (Wildman–Crippen LogP) is 3.33. The molecule has 7 heteroatoms. The Hall–Kier alpha value is -3.09. The normalized spacial score (nSPS) is 10.8. The number of nitrogens with one attached hydrogen (secondary N) is 1. The number of nitrogens with zero attached hydrogens (tertiary/aromatic N) is 3. The molecular formula is C20H24N4O3. The van der Waals surface area contributed by atoms with Crippen molar-refractivity contribution in [2.24, 2.45) is 0 Å². The van der Waals surface area contributed by atoms with Gasteiger partial charge in [-0.15, -0.1) is 0 Å². The van der Waals surface area contributed by atoms with E-state index in [1.54, 1.807) is 13.1 Å². The van der Waals surface area contributed by atoms with Gasteiger partial charge in [0.2, 0.25) is 0 Å². The standard InChI is InChI=1S/C20H24N4O3/c1-5-24-11-16(10-22-24)9-21-20(25)18-17(15(4)27-23-18)12-26-19-13(2)7-6-8-14(19)3/h6-8,10-11H,5,9,12H2,1-4H3,(H,21,25). The van der Waals surface area contributed by atoms with Gasteiger partial charge in [0.1, 0.15) is 18.1 Å². The zero-order chi connectivity index (χ0) is 19.4. The Balaban J connectivity index is 1.69. The van der Waals surface area contributed by atoms with Gasteiger partial charge in [0, 0.05) is 24.8 Å². The van der Waals surface area contributed by atoms with Crippen LogP contribution in [0.25, 0.3) is 0 Å². The summed E-state index contributed by atoms with van der Waals surface area (Å²) in [4.78, 5) is 12.6. The summed E-state index contributed by atoms with van der Waals surface area (Å²) in [6, 6.07) is 5.97. The quantitative estimate of drug-likeness (QED) is 0.692. The number of ether oxygens (including phenoxy) is 1. The third-order valence-corrected chi connectivity index (χ3v) is 4.43. The van der Waals surface area contributed by atoms with Gasteiger partial charge >= 0.3 is 0 Å². The molecule has 0 saturated carbocycles. The molecule has 3 rings (SSSR count). The van der Waals surface area contributed by atoms with E-state index >= 15 is 0 Å². The van der Waals surface area contributed by atoms with Crippen LogP contribution in [0.4, 0.5) is 0 Å². The van der Waals surface area contributed by atoms with Gasteiger partial charge in [-0.3, -0.25) is 9.48 Å². The van der Waals surface area contributed by atoms with E-state index in [0.29, 0.717) is 17.9 Å². The van der Waals surface area contributed by atoms with Crippen molar-refractivity contribution in [2.45, 2.75) is 47.4 Å². The van der Waals surface area contributed by atoms with Crippen molar-refractivity contribution in [3.05, 3.63) is 64.3 Å². The molecule has 0 bridgehead atoms. The zero-order valence-electron chi connectivity index (χ0n) is 16.1. The lowest BCUT2D eigenvalue weighted by atomic mass is 10.1. The van der Waals surface area contributed by atoms with E-state index in [2.05, 4.69) is 15.6 Å². The van der Waals surface area contributed by atoms with Crippen LogP contribution in [0.2, 0.25) is 0 Å². The van der Waals surface area contributed by atoms with Crippen LogP contribution in [-0.4, -0.2) is 20.8 Å². The minimum Gasteiger partial charge on any atom is -0.488 e. The van der Waals surface area contributed by atoms with Crippen molar-refractivity contribution in [3.63, 3.8) is 0 Å². The van der Waals surface area contributed by atoms with Gasteiger partial charge < -0.3 is 14.6 Å². The van der Waals surface area contributed by atoms with E-state index in [4.69, 9.17) is 9.26 Å². The molecule has 3 aromatic rings. The van der Waals surface area contributed by atoms with Gasteiger partial charge in [-0.05, 0) is 38.8 Å². The molecule has 0 spiro atoms. The minimum absolute atomic E-state index is 0.220. The monoisotopic (exact) mass is 368 g/mol. The lowest BCUT2D eigenvalue weighted by Gasteiger charge is -2.12. The SMILES string of the molecule is CCn1cc(CNC(=O)c2noc(C)c2COc2c(C)cccc2C)cn1. The fourth-order valence-electron chi connectivity index (χ4n) is 2.85. The smallest absolute Gasteiger partial charge is 0.274 e. The molecule has 0 unspecified atom stereocenters. The van der Waals surface area contributed by atoms with E-state index in [9.17, 15) is 4.79 Å². The number of aryl methyl sites for hydroxylation is 4. The second-order valence-corrected chi connectivity index (χ2v) is 6.46. The Morgan fingerprint density at radius 1 is 1.26 bits per heavy atom. The van der Waals surface area contributed by atoms with E-state index in [1.807, 2.05) is 49.8 Å². The third-order valence-electron chi connectivity index (χ3n) is 4.43. The third kappa shape index (κ3) is 4.19. The molecule has 0 aliphatic rings. The summed E-state index contributed by atoms with van der Waals surface area (Å²) in [6.07, 6.45) is 3.64. The summed E-state index contributed by atoms with van der Waals surface area (Å²) in [5, 5.41) is 11.0. The largest absolute Gasteiger partial charge is 0.488 e. The number of benzene rings is 1. The van der Waals surface area contributed by atoms with Gasteiger partial charge in [-0.1, -0.05) is 23.4 Å². The molecule has 7 nitrogen and oxygen atoms in total. The summed E-state index contributed by atoms with van der Waals surface area (Å²) in [7, 11) is 0. The van der Waals surface area contributed by atoms with Crippen LogP contribution in [0.5, 0.6) is 5.75 Å².